The van der Waals surface area contributed by atoms with Gasteiger partial charge in [0.05, 0.1) is 0 Å². The predicted octanol–water partition coefficient (Wildman–Crippen LogP) is 5.13. The van der Waals surface area contributed by atoms with Crippen molar-refractivity contribution in [2.45, 2.75) is 32.8 Å². The molecule has 1 heterocycles. The average Bonchev–Trinajstić information content (AvgIpc) is 2.40. The third-order valence-electron chi connectivity index (χ3n) is 3.86. The Kier molecular flexibility index (Phi) is 3.36. The zero-order valence-corrected chi connectivity index (χ0v) is 12.8. The van der Waals surface area contributed by atoms with E-state index in [0.717, 1.165) is 23.1 Å². The predicted molar refractivity (Wildman–Crippen MR) is 81.7 cm³/mol. The average molecular weight is 317 g/mol. The summed E-state index contributed by atoms with van der Waals surface area (Å²) in [5.41, 5.74) is 5.25. The standard InChI is InChI=1S/C17H17BrO/c1-11-9-14-5-8-16(19-17(14)10-12(11)2)13-3-6-15(18)7-4-13/h3-4,6-7,9-10,16H,5,8H2,1-2H3. The molecule has 0 fully saturated rings. The second-order valence-corrected chi connectivity index (χ2v) is 6.16. The van der Waals surface area contributed by atoms with Crippen LogP contribution in [0.5, 0.6) is 5.75 Å². The molecule has 0 aliphatic carbocycles. The van der Waals surface area contributed by atoms with Crippen LogP contribution in [0.15, 0.2) is 40.9 Å². The normalized spacial score (nSPS) is 17.7. The minimum atomic E-state index is 0.183. The van der Waals surface area contributed by atoms with E-state index in [1.54, 1.807) is 0 Å². The molecule has 1 unspecified atom stereocenters. The molecule has 1 aliphatic rings. The van der Waals surface area contributed by atoms with Crippen molar-refractivity contribution in [3.05, 3.63) is 63.1 Å². The number of hydrogen-bond acceptors (Lipinski definition) is 1. The van der Waals surface area contributed by atoms with E-state index in [0.29, 0.717) is 0 Å². The Hall–Kier alpha value is -1.28. The molecule has 2 aromatic carbocycles. The van der Waals surface area contributed by atoms with Gasteiger partial charge < -0.3 is 4.74 Å². The zero-order valence-electron chi connectivity index (χ0n) is 11.2. The number of hydrogen-bond donors (Lipinski definition) is 0. The highest BCUT2D eigenvalue weighted by Crippen LogP contribution is 2.36. The highest BCUT2D eigenvalue weighted by atomic mass is 79.9. The van der Waals surface area contributed by atoms with Gasteiger partial charge in [0.2, 0.25) is 0 Å². The van der Waals surface area contributed by atoms with Gasteiger partial charge in [-0.3, -0.25) is 0 Å². The molecule has 0 amide bonds. The van der Waals surface area contributed by atoms with Crippen molar-refractivity contribution in [2.24, 2.45) is 0 Å². The van der Waals surface area contributed by atoms with Gasteiger partial charge in [0, 0.05) is 4.47 Å². The van der Waals surface area contributed by atoms with Gasteiger partial charge in [0.15, 0.2) is 0 Å². The Labute approximate surface area is 122 Å². The van der Waals surface area contributed by atoms with Gasteiger partial charge in [-0.25, -0.2) is 0 Å². The molecular weight excluding hydrogens is 300 g/mol. The van der Waals surface area contributed by atoms with Crippen LogP contribution in [0.4, 0.5) is 0 Å². The molecule has 0 saturated heterocycles. The summed E-state index contributed by atoms with van der Waals surface area (Å²) < 4.78 is 7.29. The third-order valence-corrected chi connectivity index (χ3v) is 4.39. The third kappa shape index (κ3) is 2.55. The Balaban J connectivity index is 1.89. The molecule has 0 radical (unpaired) electrons. The Morgan fingerprint density at radius 3 is 2.47 bits per heavy atom. The summed E-state index contributed by atoms with van der Waals surface area (Å²) in [4.78, 5) is 0. The molecule has 3 rings (SSSR count). The summed E-state index contributed by atoms with van der Waals surface area (Å²) in [5, 5.41) is 0. The summed E-state index contributed by atoms with van der Waals surface area (Å²) in [6, 6.07) is 12.9. The van der Waals surface area contributed by atoms with Crippen LogP contribution in [0.3, 0.4) is 0 Å². The number of aryl methyl sites for hydroxylation is 3. The fourth-order valence-electron chi connectivity index (χ4n) is 2.57. The highest BCUT2D eigenvalue weighted by molar-refractivity contribution is 9.10. The van der Waals surface area contributed by atoms with E-state index in [9.17, 15) is 0 Å². The molecular formula is C17H17BrO. The van der Waals surface area contributed by atoms with Gasteiger partial charge in [0.1, 0.15) is 11.9 Å². The van der Waals surface area contributed by atoms with Crippen LogP contribution in [0.1, 0.15) is 34.8 Å². The maximum Gasteiger partial charge on any atom is 0.124 e. The molecule has 0 spiro atoms. The number of benzene rings is 2. The molecule has 1 aliphatic heterocycles. The largest absolute Gasteiger partial charge is 0.485 e. The topological polar surface area (TPSA) is 9.23 Å². The molecule has 0 N–H and O–H groups in total. The second kappa shape index (κ2) is 5.01. The lowest BCUT2D eigenvalue weighted by Crippen LogP contribution is -2.15. The van der Waals surface area contributed by atoms with Crippen LogP contribution < -0.4 is 4.74 Å². The van der Waals surface area contributed by atoms with Crippen LogP contribution >= 0.6 is 15.9 Å². The van der Waals surface area contributed by atoms with E-state index < -0.39 is 0 Å². The second-order valence-electron chi connectivity index (χ2n) is 5.24. The Bertz CT molecular complexity index is 601. The first-order valence-corrected chi connectivity index (χ1v) is 7.45. The van der Waals surface area contributed by atoms with Crippen LogP contribution in [-0.2, 0) is 6.42 Å². The molecule has 0 saturated carbocycles. The Morgan fingerprint density at radius 2 is 1.74 bits per heavy atom. The van der Waals surface area contributed by atoms with Gasteiger partial charge >= 0.3 is 0 Å². The first-order valence-electron chi connectivity index (χ1n) is 6.66. The lowest BCUT2D eigenvalue weighted by Gasteiger charge is -2.27. The number of halogens is 1. The van der Waals surface area contributed by atoms with E-state index in [2.05, 4.69) is 66.2 Å². The fourth-order valence-corrected chi connectivity index (χ4v) is 2.83. The van der Waals surface area contributed by atoms with E-state index >= 15 is 0 Å². The van der Waals surface area contributed by atoms with Crippen molar-refractivity contribution in [1.29, 1.82) is 0 Å². The molecule has 98 valence electrons. The lowest BCUT2D eigenvalue weighted by molar-refractivity contribution is 0.176. The maximum atomic E-state index is 6.18. The number of rotatable bonds is 1. The lowest BCUT2D eigenvalue weighted by atomic mass is 9.95. The molecule has 19 heavy (non-hydrogen) atoms. The summed E-state index contributed by atoms with van der Waals surface area (Å²) >= 11 is 3.47. The molecule has 2 heteroatoms. The summed E-state index contributed by atoms with van der Waals surface area (Å²) in [7, 11) is 0. The smallest absolute Gasteiger partial charge is 0.124 e. The monoisotopic (exact) mass is 316 g/mol. The zero-order chi connectivity index (χ0) is 13.4. The molecule has 0 aromatic heterocycles. The minimum absolute atomic E-state index is 0.183. The van der Waals surface area contributed by atoms with E-state index in [1.807, 2.05) is 0 Å². The molecule has 0 bridgehead atoms. The van der Waals surface area contributed by atoms with Crippen molar-refractivity contribution in [3.63, 3.8) is 0 Å². The Morgan fingerprint density at radius 1 is 1.05 bits per heavy atom. The quantitative estimate of drug-likeness (QED) is 0.708. The van der Waals surface area contributed by atoms with Crippen LogP contribution in [-0.4, -0.2) is 0 Å². The first-order chi connectivity index (χ1) is 9.13. The SMILES string of the molecule is Cc1cc2c(cc1C)OC(c1ccc(Br)cc1)CC2. The van der Waals surface area contributed by atoms with Crippen molar-refractivity contribution in [3.8, 4) is 5.75 Å². The van der Waals surface area contributed by atoms with Gasteiger partial charge in [0.25, 0.3) is 0 Å². The molecule has 1 atom stereocenters. The van der Waals surface area contributed by atoms with E-state index in [-0.39, 0.29) is 6.10 Å². The van der Waals surface area contributed by atoms with Crippen molar-refractivity contribution in [2.75, 3.05) is 0 Å². The summed E-state index contributed by atoms with van der Waals surface area (Å²) in [6.45, 7) is 4.30. The van der Waals surface area contributed by atoms with Crippen molar-refractivity contribution < 1.29 is 4.74 Å². The number of fused-ring (bicyclic) bond motifs is 1. The van der Waals surface area contributed by atoms with Gasteiger partial charge in [-0.15, -0.1) is 0 Å². The van der Waals surface area contributed by atoms with Crippen LogP contribution in [0, 0.1) is 13.8 Å². The number of ether oxygens (including phenoxy) is 1. The van der Waals surface area contributed by atoms with E-state index in [4.69, 9.17) is 4.74 Å². The summed E-state index contributed by atoms with van der Waals surface area (Å²) in [6.07, 6.45) is 2.33. The van der Waals surface area contributed by atoms with E-state index in [1.165, 1.54) is 22.3 Å². The summed E-state index contributed by atoms with van der Waals surface area (Å²) in [5.74, 6) is 1.06. The van der Waals surface area contributed by atoms with Crippen molar-refractivity contribution in [1.82, 2.24) is 0 Å². The minimum Gasteiger partial charge on any atom is -0.485 e. The molecule has 2 aromatic rings. The van der Waals surface area contributed by atoms with Crippen LogP contribution in [0.25, 0.3) is 0 Å². The van der Waals surface area contributed by atoms with Gasteiger partial charge in [-0.1, -0.05) is 34.1 Å². The van der Waals surface area contributed by atoms with Crippen LogP contribution in [0.2, 0.25) is 0 Å². The molecule has 1 nitrogen and oxygen atoms in total. The first kappa shape index (κ1) is 12.7. The van der Waals surface area contributed by atoms with Gasteiger partial charge in [-0.05, 0) is 67.1 Å². The fraction of sp³-hybridized carbons (Fsp3) is 0.294. The highest BCUT2D eigenvalue weighted by Gasteiger charge is 2.21. The maximum absolute atomic E-state index is 6.18. The van der Waals surface area contributed by atoms with Crippen molar-refractivity contribution >= 4 is 15.9 Å². The van der Waals surface area contributed by atoms with Gasteiger partial charge in [-0.2, -0.15) is 0 Å².